The summed E-state index contributed by atoms with van der Waals surface area (Å²) in [7, 11) is 0. The molecule has 4 nitrogen and oxygen atoms in total. The minimum atomic E-state index is -0.228. The molecule has 2 heterocycles. The summed E-state index contributed by atoms with van der Waals surface area (Å²) in [4.78, 5) is 17.5. The van der Waals surface area contributed by atoms with Gasteiger partial charge in [-0.25, -0.2) is 4.39 Å². The number of piperazine rings is 1. The topological polar surface area (TPSA) is 32.8 Å². The predicted octanol–water partition coefficient (Wildman–Crippen LogP) is 5.41. The Morgan fingerprint density at radius 2 is 1.73 bits per heavy atom. The second-order valence-corrected chi connectivity index (χ2v) is 9.17. The number of carbonyl (C=O) groups is 1. The van der Waals surface area contributed by atoms with Gasteiger partial charge in [0.25, 0.3) is 0 Å². The standard InChI is InChI=1S/C25H39FN2O2/c1-3-5-6-7-14-25(13-4-2)20-23(30-24(25)29)12-15-27-16-18-28(19-17-27)22-10-8-21(26)9-11-22/h8-11,23H,3-7,12-20H2,1-2H3. The largest absolute Gasteiger partial charge is 0.462 e. The van der Waals surface area contributed by atoms with Crippen molar-refractivity contribution >= 4 is 11.7 Å². The van der Waals surface area contributed by atoms with E-state index in [1.165, 1.54) is 31.4 Å². The normalized spacial score (nSPS) is 25.0. The number of nitrogens with zero attached hydrogens (tertiary/aromatic N) is 2. The van der Waals surface area contributed by atoms with Crippen LogP contribution in [0.5, 0.6) is 0 Å². The first-order chi connectivity index (χ1) is 14.6. The van der Waals surface area contributed by atoms with Crippen molar-refractivity contribution in [2.45, 2.75) is 77.7 Å². The Morgan fingerprint density at radius 3 is 2.40 bits per heavy atom. The summed E-state index contributed by atoms with van der Waals surface area (Å²) in [5, 5.41) is 0. The third-order valence-electron chi connectivity index (χ3n) is 6.89. The fourth-order valence-electron chi connectivity index (χ4n) is 5.11. The van der Waals surface area contributed by atoms with Gasteiger partial charge in [-0.3, -0.25) is 9.69 Å². The number of hydrogen-bond acceptors (Lipinski definition) is 4. The molecule has 2 unspecified atom stereocenters. The van der Waals surface area contributed by atoms with Crippen LogP contribution in [0.1, 0.15) is 71.6 Å². The summed E-state index contributed by atoms with van der Waals surface area (Å²) in [6.45, 7) is 9.27. The second-order valence-electron chi connectivity index (χ2n) is 9.17. The van der Waals surface area contributed by atoms with Gasteiger partial charge in [0.15, 0.2) is 0 Å². The van der Waals surface area contributed by atoms with Crippen molar-refractivity contribution in [1.29, 1.82) is 0 Å². The summed E-state index contributed by atoms with van der Waals surface area (Å²) in [5.41, 5.74) is 0.863. The minimum Gasteiger partial charge on any atom is -0.462 e. The molecule has 0 bridgehead atoms. The van der Waals surface area contributed by atoms with E-state index in [4.69, 9.17) is 4.74 Å². The first kappa shape index (κ1) is 23.1. The maximum atomic E-state index is 13.1. The molecule has 0 radical (unpaired) electrons. The van der Waals surface area contributed by atoms with Gasteiger partial charge < -0.3 is 9.64 Å². The molecule has 0 saturated carbocycles. The maximum absolute atomic E-state index is 13.1. The van der Waals surface area contributed by atoms with Crippen LogP contribution >= 0.6 is 0 Å². The molecule has 3 rings (SSSR count). The molecule has 30 heavy (non-hydrogen) atoms. The Hall–Kier alpha value is -1.62. The molecule has 2 aliphatic rings. The van der Waals surface area contributed by atoms with Crippen molar-refractivity contribution in [3.63, 3.8) is 0 Å². The van der Waals surface area contributed by atoms with Crippen LogP contribution in [0.15, 0.2) is 24.3 Å². The van der Waals surface area contributed by atoms with Crippen LogP contribution in [-0.2, 0) is 9.53 Å². The van der Waals surface area contributed by atoms with Gasteiger partial charge in [0, 0.05) is 44.8 Å². The van der Waals surface area contributed by atoms with Crippen molar-refractivity contribution < 1.29 is 13.9 Å². The van der Waals surface area contributed by atoms with E-state index in [1.54, 1.807) is 0 Å². The third-order valence-corrected chi connectivity index (χ3v) is 6.89. The molecular weight excluding hydrogens is 379 g/mol. The molecule has 1 aromatic rings. The van der Waals surface area contributed by atoms with E-state index in [2.05, 4.69) is 23.6 Å². The molecule has 2 saturated heterocycles. The lowest BCUT2D eigenvalue weighted by Gasteiger charge is -2.36. The predicted molar refractivity (Wildman–Crippen MR) is 120 cm³/mol. The Kier molecular flexibility index (Phi) is 8.55. The zero-order valence-corrected chi connectivity index (χ0v) is 18.9. The summed E-state index contributed by atoms with van der Waals surface area (Å²) in [6, 6.07) is 6.77. The van der Waals surface area contributed by atoms with E-state index in [9.17, 15) is 9.18 Å². The average molecular weight is 419 g/mol. The zero-order valence-electron chi connectivity index (χ0n) is 18.9. The molecule has 2 fully saturated rings. The van der Waals surface area contributed by atoms with E-state index in [1.807, 2.05) is 12.1 Å². The van der Waals surface area contributed by atoms with Crippen LogP contribution in [0.25, 0.3) is 0 Å². The lowest BCUT2D eigenvalue weighted by Crippen LogP contribution is -2.47. The van der Waals surface area contributed by atoms with Gasteiger partial charge in [0.1, 0.15) is 11.9 Å². The van der Waals surface area contributed by atoms with Crippen LogP contribution in [0.4, 0.5) is 10.1 Å². The summed E-state index contributed by atoms with van der Waals surface area (Å²) >= 11 is 0. The quantitative estimate of drug-likeness (QED) is 0.355. The Labute approximate surface area is 181 Å². The Bertz CT molecular complexity index is 658. The fraction of sp³-hybridized carbons (Fsp3) is 0.720. The molecule has 0 aliphatic carbocycles. The smallest absolute Gasteiger partial charge is 0.312 e. The van der Waals surface area contributed by atoms with E-state index < -0.39 is 0 Å². The van der Waals surface area contributed by atoms with Crippen molar-refractivity contribution in [3.8, 4) is 0 Å². The van der Waals surface area contributed by atoms with E-state index in [0.29, 0.717) is 0 Å². The summed E-state index contributed by atoms with van der Waals surface area (Å²) < 4.78 is 19.0. The number of carbonyl (C=O) groups excluding carboxylic acids is 1. The number of cyclic esters (lactones) is 1. The highest BCUT2D eigenvalue weighted by molar-refractivity contribution is 5.79. The molecule has 1 aromatic carbocycles. The van der Waals surface area contributed by atoms with Gasteiger partial charge in [-0.1, -0.05) is 46.0 Å². The van der Waals surface area contributed by atoms with Gasteiger partial charge in [0.05, 0.1) is 5.41 Å². The number of esters is 1. The van der Waals surface area contributed by atoms with Crippen LogP contribution in [-0.4, -0.2) is 49.7 Å². The van der Waals surface area contributed by atoms with Crippen LogP contribution in [0.2, 0.25) is 0 Å². The first-order valence-electron chi connectivity index (χ1n) is 12.0. The fourth-order valence-corrected chi connectivity index (χ4v) is 5.11. The number of halogens is 1. The number of benzene rings is 1. The van der Waals surface area contributed by atoms with Crippen molar-refractivity contribution in [2.75, 3.05) is 37.6 Å². The van der Waals surface area contributed by atoms with E-state index >= 15 is 0 Å². The first-order valence-corrected chi connectivity index (χ1v) is 12.0. The second kappa shape index (κ2) is 11.1. The van der Waals surface area contributed by atoms with Crippen LogP contribution in [0.3, 0.4) is 0 Å². The van der Waals surface area contributed by atoms with E-state index in [-0.39, 0.29) is 23.3 Å². The van der Waals surface area contributed by atoms with Crippen molar-refractivity contribution in [1.82, 2.24) is 4.90 Å². The highest BCUT2D eigenvalue weighted by Crippen LogP contribution is 2.43. The molecule has 0 aromatic heterocycles. The van der Waals surface area contributed by atoms with Gasteiger partial charge in [-0.15, -0.1) is 0 Å². The van der Waals surface area contributed by atoms with Crippen LogP contribution < -0.4 is 4.90 Å². The van der Waals surface area contributed by atoms with Gasteiger partial charge in [-0.2, -0.15) is 0 Å². The summed E-state index contributed by atoms with van der Waals surface area (Å²) in [5.74, 6) is -0.125. The number of anilines is 1. The highest BCUT2D eigenvalue weighted by Gasteiger charge is 2.47. The Morgan fingerprint density at radius 1 is 1.00 bits per heavy atom. The minimum absolute atomic E-state index is 0.0620. The Balaban J connectivity index is 1.43. The zero-order chi connectivity index (χ0) is 21.4. The molecule has 2 atom stereocenters. The van der Waals surface area contributed by atoms with Gasteiger partial charge >= 0.3 is 5.97 Å². The molecule has 0 amide bonds. The molecule has 0 spiro atoms. The molecule has 0 N–H and O–H groups in total. The van der Waals surface area contributed by atoms with Crippen molar-refractivity contribution in [2.24, 2.45) is 5.41 Å². The highest BCUT2D eigenvalue weighted by atomic mass is 19.1. The number of unbranched alkanes of at least 4 members (excludes halogenated alkanes) is 3. The molecular formula is C25H39FN2O2. The van der Waals surface area contributed by atoms with Crippen molar-refractivity contribution in [3.05, 3.63) is 30.1 Å². The number of rotatable bonds is 11. The average Bonchev–Trinajstić information content (AvgIpc) is 3.06. The SMILES string of the molecule is CCCCCCC1(CCC)CC(CCN2CCN(c3ccc(F)cc3)CC2)OC1=O. The monoisotopic (exact) mass is 418 g/mol. The third kappa shape index (κ3) is 5.96. The lowest BCUT2D eigenvalue weighted by atomic mass is 9.76. The van der Waals surface area contributed by atoms with Gasteiger partial charge in [0.2, 0.25) is 0 Å². The molecule has 5 heteroatoms. The van der Waals surface area contributed by atoms with Gasteiger partial charge in [-0.05, 0) is 43.5 Å². The van der Waals surface area contributed by atoms with E-state index in [0.717, 1.165) is 76.9 Å². The molecule has 168 valence electrons. The summed E-state index contributed by atoms with van der Waals surface area (Å²) in [6.07, 6.45) is 9.75. The van der Waals surface area contributed by atoms with Crippen LogP contribution in [0, 0.1) is 11.2 Å². The maximum Gasteiger partial charge on any atom is 0.312 e. The number of ether oxygens (including phenoxy) is 1. The lowest BCUT2D eigenvalue weighted by molar-refractivity contribution is -0.149. The number of hydrogen-bond donors (Lipinski definition) is 0. The molecule has 2 aliphatic heterocycles.